The highest BCUT2D eigenvalue weighted by molar-refractivity contribution is 14.1. The van der Waals surface area contributed by atoms with Gasteiger partial charge in [-0.05, 0) is 112 Å². The summed E-state index contributed by atoms with van der Waals surface area (Å²) in [6.45, 7) is 15.0. The maximum atomic E-state index is 12.8. The van der Waals surface area contributed by atoms with Crippen LogP contribution in [0.25, 0.3) is 10.4 Å². The maximum absolute atomic E-state index is 12.8. The highest BCUT2D eigenvalue weighted by Crippen LogP contribution is 2.65. The second-order valence-electron chi connectivity index (χ2n) is 15.7. The second kappa shape index (κ2) is 17.3. The van der Waals surface area contributed by atoms with Gasteiger partial charge in [-0.1, -0.05) is 109 Å². The summed E-state index contributed by atoms with van der Waals surface area (Å²) in [7, 11) is 0. The summed E-state index contributed by atoms with van der Waals surface area (Å²) in [5, 5.41) is 4.20. The number of aryl methyl sites for hydroxylation is 1. The number of benzene rings is 2. The van der Waals surface area contributed by atoms with E-state index in [4.69, 9.17) is 0 Å². The van der Waals surface area contributed by atoms with Crippen molar-refractivity contribution in [3.05, 3.63) is 103 Å². The number of carbonyl (C=O) groups excluding carboxylic acids is 2. The molecule has 4 fully saturated rings. The molecule has 7 heteroatoms. The molecule has 278 valence electrons. The van der Waals surface area contributed by atoms with Crippen LogP contribution in [0.3, 0.4) is 0 Å². The number of hydrogen-bond donors (Lipinski definition) is 0. The monoisotopic (exact) mass is 848 g/mol. The van der Waals surface area contributed by atoms with Crippen LogP contribution >= 0.6 is 45.3 Å². The Balaban J connectivity index is 0.000000155. The summed E-state index contributed by atoms with van der Waals surface area (Å²) in [6, 6.07) is 26.0. The van der Waals surface area contributed by atoms with E-state index in [-0.39, 0.29) is 22.7 Å². The van der Waals surface area contributed by atoms with Gasteiger partial charge in [0.05, 0.1) is 11.8 Å². The molecular weight excluding hydrogens is 792 g/mol. The average Bonchev–Trinajstić information content (AvgIpc) is 3.58. The number of fused-ring (bicyclic) bond motifs is 2. The van der Waals surface area contributed by atoms with Crippen molar-refractivity contribution in [2.75, 3.05) is 26.2 Å². The van der Waals surface area contributed by atoms with E-state index in [1.165, 1.54) is 75.0 Å². The number of nitrogens with zero attached hydrogens (tertiary/aromatic N) is 2. The molecular formula is C45H57IN2O2S2. The van der Waals surface area contributed by atoms with Crippen LogP contribution in [-0.2, 0) is 20.4 Å². The molecule has 0 bridgehead atoms. The zero-order valence-electron chi connectivity index (χ0n) is 31.8. The summed E-state index contributed by atoms with van der Waals surface area (Å²) >= 11 is 5.91. The van der Waals surface area contributed by atoms with E-state index in [0.29, 0.717) is 23.7 Å². The van der Waals surface area contributed by atoms with Crippen molar-refractivity contribution >= 4 is 57.1 Å². The van der Waals surface area contributed by atoms with Crippen LogP contribution in [0.1, 0.15) is 95.1 Å². The lowest BCUT2D eigenvalue weighted by molar-refractivity contribution is -0.131. The third kappa shape index (κ3) is 8.27. The molecule has 0 spiro atoms. The van der Waals surface area contributed by atoms with Crippen molar-refractivity contribution in [3.8, 4) is 10.4 Å². The standard InChI is InChI=1S/C22H27NOS.C18H24INO.C5H6S/c1-3-4-5-6-12-23-15-18-20(21(23)24)22(18,2)17-10-7-9-16(14-17)19-11-8-13-25-19;1-3-4-5-6-10-20-12-15-16(17(20)21)18(15,2)13-8-7-9-14(19)11-13;1-5-3-2-4-6-5/h7-11,13-14,18,20H,3-6,12,15H2,1-2H3;7-9,11,15-16H,3-6,10,12H2,1-2H3;2-4H,1H3. The largest absolute Gasteiger partial charge is 0.342 e. The van der Waals surface area contributed by atoms with Crippen molar-refractivity contribution in [2.45, 2.75) is 96.8 Å². The van der Waals surface area contributed by atoms with E-state index < -0.39 is 0 Å². The Kier molecular flexibility index (Phi) is 13.1. The molecule has 4 nitrogen and oxygen atoms in total. The van der Waals surface area contributed by atoms with Gasteiger partial charge in [0.25, 0.3) is 0 Å². The Bertz CT molecular complexity index is 1770. The van der Waals surface area contributed by atoms with Gasteiger partial charge in [0, 0.05) is 50.3 Å². The summed E-state index contributed by atoms with van der Waals surface area (Å²) in [4.78, 5) is 32.4. The minimum Gasteiger partial charge on any atom is -0.342 e. The average molecular weight is 849 g/mol. The molecule has 6 unspecified atom stereocenters. The van der Waals surface area contributed by atoms with Gasteiger partial charge in [0.15, 0.2) is 0 Å². The number of carbonyl (C=O) groups is 2. The van der Waals surface area contributed by atoms with Crippen LogP contribution in [-0.4, -0.2) is 47.8 Å². The van der Waals surface area contributed by atoms with Crippen LogP contribution in [0.2, 0.25) is 0 Å². The van der Waals surface area contributed by atoms with Crippen LogP contribution in [0.15, 0.2) is 83.6 Å². The molecule has 0 radical (unpaired) electrons. The maximum Gasteiger partial charge on any atom is 0.226 e. The number of piperidine rings is 2. The molecule has 2 aromatic heterocycles. The fraction of sp³-hybridized carbons (Fsp3) is 0.511. The number of unbranched alkanes of at least 4 members (excludes halogenated alkanes) is 6. The lowest BCUT2D eigenvalue weighted by Crippen LogP contribution is -2.34. The second-order valence-corrected chi connectivity index (χ2v) is 19.1. The SMILES string of the molecule is CCCCCCN1CC2C(C1=O)C2(C)c1cccc(-c2cccs2)c1.CCCCCCN1CC2C(C1=O)C2(C)c1cccc(I)c1.Cc1cccs1. The highest BCUT2D eigenvalue weighted by Gasteiger charge is 2.71. The summed E-state index contributed by atoms with van der Waals surface area (Å²) < 4.78 is 1.26. The number of likely N-dealkylation sites (tertiary alicyclic amines) is 2. The number of rotatable bonds is 13. The van der Waals surface area contributed by atoms with Gasteiger partial charge >= 0.3 is 0 Å². The van der Waals surface area contributed by atoms with Gasteiger partial charge in [-0.25, -0.2) is 0 Å². The van der Waals surface area contributed by atoms with Crippen LogP contribution in [0.4, 0.5) is 0 Å². The van der Waals surface area contributed by atoms with Crippen molar-refractivity contribution in [3.63, 3.8) is 0 Å². The summed E-state index contributed by atoms with van der Waals surface area (Å²) in [6.07, 6.45) is 9.89. The van der Waals surface area contributed by atoms with Gasteiger partial charge in [0.2, 0.25) is 11.8 Å². The Labute approximate surface area is 334 Å². The number of amides is 2. The van der Waals surface area contributed by atoms with Gasteiger partial charge < -0.3 is 9.80 Å². The molecule has 4 aliphatic rings. The van der Waals surface area contributed by atoms with E-state index in [2.05, 4.69) is 151 Å². The molecule has 8 rings (SSSR count). The number of halogens is 1. The molecule has 2 amide bonds. The van der Waals surface area contributed by atoms with Gasteiger partial charge in [-0.3, -0.25) is 9.59 Å². The number of thiophene rings is 2. The summed E-state index contributed by atoms with van der Waals surface area (Å²) in [5.74, 6) is 2.28. The van der Waals surface area contributed by atoms with Gasteiger partial charge in [-0.2, -0.15) is 0 Å². The molecule has 4 aromatic rings. The molecule has 2 saturated carbocycles. The zero-order valence-corrected chi connectivity index (χ0v) is 35.6. The quantitative estimate of drug-likeness (QED) is 0.0993. The van der Waals surface area contributed by atoms with Crippen molar-refractivity contribution in [1.29, 1.82) is 0 Å². The summed E-state index contributed by atoms with van der Waals surface area (Å²) in [5.41, 5.74) is 4.11. The first-order valence-electron chi connectivity index (χ1n) is 19.6. The first-order chi connectivity index (χ1) is 25.1. The first kappa shape index (κ1) is 39.2. The van der Waals surface area contributed by atoms with E-state index in [1.807, 2.05) is 0 Å². The first-order valence-corrected chi connectivity index (χ1v) is 22.5. The third-order valence-electron chi connectivity index (χ3n) is 12.4. The lowest BCUT2D eigenvalue weighted by atomic mass is 9.90. The molecule has 2 aromatic carbocycles. The molecule has 2 aliphatic carbocycles. The minimum absolute atomic E-state index is 0.0459. The molecule has 0 N–H and O–H groups in total. The van der Waals surface area contributed by atoms with Crippen LogP contribution in [0.5, 0.6) is 0 Å². The minimum atomic E-state index is 0.0459. The Hall–Kier alpha value is -2.49. The van der Waals surface area contributed by atoms with Crippen molar-refractivity contribution < 1.29 is 9.59 Å². The van der Waals surface area contributed by atoms with Crippen LogP contribution in [0, 0.1) is 34.2 Å². The predicted octanol–water partition coefficient (Wildman–Crippen LogP) is 11.6. The predicted molar refractivity (Wildman–Crippen MR) is 228 cm³/mol. The van der Waals surface area contributed by atoms with Crippen molar-refractivity contribution in [1.82, 2.24) is 9.80 Å². The van der Waals surface area contributed by atoms with Gasteiger partial charge in [0.1, 0.15) is 0 Å². The fourth-order valence-electron chi connectivity index (χ4n) is 8.98. The Morgan fingerprint density at radius 2 is 1.21 bits per heavy atom. The van der Waals surface area contributed by atoms with Crippen LogP contribution < -0.4 is 0 Å². The highest BCUT2D eigenvalue weighted by atomic mass is 127. The smallest absolute Gasteiger partial charge is 0.226 e. The zero-order chi connectivity index (χ0) is 36.9. The van der Waals surface area contributed by atoms with Gasteiger partial charge in [-0.15, -0.1) is 22.7 Å². The van der Waals surface area contributed by atoms with E-state index in [1.54, 1.807) is 22.7 Å². The lowest BCUT2D eigenvalue weighted by Gasteiger charge is -2.25. The van der Waals surface area contributed by atoms with E-state index >= 15 is 0 Å². The normalized spacial score (nSPS) is 26.7. The molecule has 52 heavy (non-hydrogen) atoms. The molecule has 2 aliphatic heterocycles. The topological polar surface area (TPSA) is 40.6 Å². The van der Waals surface area contributed by atoms with E-state index in [0.717, 1.165) is 32.6 Å². The molecule has 6 atom stereocenters. The fourth-order valence-corrected chi connectivity index (χ4v) is 10.8. The van der Waals surface area contributed by atoms with Crippen molar-refractivity contribution in [2.24, 2.45) is 23.7 Å². The Morgan fingerprint density at radius 1 is 0.673 bits per heavy atom. The van der Waals surface area contributed by atoms with E-state index in [9.17, 15) is 9.59 Å². The molecule has 2 saturated heterocycles. The number of hydrogen-bond acceptors (Lipinski definition) is 4. The Morgan fingerprint density at radius 3 is 1.63 bits per heavy atom. The third-order valence-corrected chi connectivity index (χ3v) is 14.8. The molecule has 4 heterocycles.